The van der Waals surface area contributed by atoms with Gasteiger partial charge in [-0.2, -0.15) is 17.9 Å². The Labute approximate surface area is 85.0 Å². The van der Waals surface area contributed by atoms with Gasteiger partial charge in [-0.1, -0.05) is 18.2 Å². The Kier molecular flexibility index (Phi) is 3.35. The van der Waals surface area contributed by atoms with E-state index in [0.717, 1.165) is 0 Å². The Bertz CT molecular complexity index is 413. The van der Waals surface area contributed by atoms with E-state index in [-0.39, 0.29) is 4.90 Å². The van der Waals surface area contributed by atoms with Crippen molar-refractivity contribution in [2.45, 2.75) is 11.1 Å². The maximum absolute atomic E-state index is 11.7. The van der Waals surface area contributed by atoms with Crippen molar-refractivity contribution >= 4 is 10.0 Å². The predicted octanol–water partition coefficient (Wildman–Crippen LogP) is 1.69. The standard InChI is InChI=1S/C8H7F3NO2S/c9-8(10,11)6-12-15(13,14)7-4-2-1-3-5-7/h1-6,12H. The van der Waals surface area contributed by atoms with Gasteiger partial charge >= 0.3 is 6.18 Å². The van der Waals surface area contributed by atoms with Crippen LogP contribution >= 0.6 is 0 Å². The van der Waals surface area contributed by atoms with Crippen LogP contribution in [0.3, 0.4) is 0 Å². The summed E-state index contributed by atoms with van der Waals surface area (Å²) in [4.78, 5) is -0.217. The minimum Gasteiger partial charge on any atom is -0.207 e. The Morgan fingerprint density at radius 3 is 2.13 bits per heavy atom. The zero-order valence-corrected chi connectivity index (χ0v) is 8.14. The summed E-state index contributed by atoms with van der Waals surface area (Å²) < 4.78 is 59.0. The lowest BCUT2D eigenvalue weighted by molar-refractivity contribution is -0.0987. The van der Waals surface area contributed by atoms with Crippen molar-refractivity contribution in [1.29, 1.82) is 0 Å². The molecule has 3 nitrogen and oxygen atoms in total. The molecule has 0 saturated heterocycles. The molecule has 0 aliphatic carbocycles. The van der Waals surface area contributed by atoms with E-state index in [2.05, 4.69) is 0 Å². The molecule has 0 bridgehead atoms. The van der Waals surface area contributed by atoms with E-state index in [9.17, 15) is 21.6 Å². The largest absolute Gasteiger partial charge is 0.406 e. The van der Waals surface area contributed by atoms with Crippen LogP contribution in [0.4, 0.5) is 13.2 Å². The summed E-state index contributed by atoms with van der Waals surface area (Å²) in [5.74, 6) is 0. The van der Waals surface area contributed by atoms with Gasteiger partial charge in [-0.3, -0.25) is 0 Å². The minimum atomic E-state index is -4.68. The fourth-order valence-electron chi connectivity index (χ4n) is 0.812. The van der Waals surface area contributed by atoms with Crippen molar-refractivity contribution in [2.75, 3.05) is 0 Å². The highest BCUT2D eigenvalue weighted by atomic mass is 32.2. The average Bonchev–Trinajstić information content (AvgIpc) is 2.16. The van der Waals surface area contributed by atoms with Crippen LogP contribution in [0.15, 0.2) is 35.2 Å². The second-order valence-corrected chi connectivity index (χ2v) is 4.33. The molecule has 83 valence electrons. The van der Waals surface area contributed by atoms with Crippen LogP contribution in [0, 0.1) is 6.54 Å². The average molecular weight is 238 g/mol. The van der Waals surface area contributed by atoms with E-state index >= 15 is 0 Å². The summed E-state index contributed by atoms with van der Waals surface area (Å²) in [6.07, 6.45) is -4.68. The second kappa shape index (κ2) is 4.19. The van der Waals surface area contributed by atoms with Crippen LogP contribution < -0.4 is 4.72 Å². The molecule has 1 N–H and O–H groups in total. The normalized spacial score (nSPS) is 12.7. The lowest BCUT2D eigenvalue weighted by Crippen LogP contribution is -2.28. The Morgan fingerprint density at radius 1 is 1.13 bits per heavy atom. The molecule has 15 heavy (non-hydrogen) atoms. The van der Waals surface area contributed by atoms with E-state index in [1.807, 2.05) is 0 Å². The maximum atomic E-state index is 11.7. The molecule has 1 aromatic carbocycles. The summed E-state index contributed by atoms with van der Waals surface area (Å²) in [6, 6.07) is 6.80. The van der Waals surface area contributed by atoms with Gasteiger partial charge < -0.3 is 0 Å². The van der Waals surface area contributed by atoms with E-state index in [1.165, 1.54) is 29.0 Å². The van der Waals surface area contributed by atoms with Gasteiger partial charge in [-0.05, 0) is 12.1 Å². The molecule has 1 radical (unpaired) electrons. The van der Waals surface area contributed by atoms with Gasteiger partial charge in [0.15, 0.2) is 0 Å². The highest BCUT2D eigenvalue weighted by Crippen LogP contribution is 2.18. The molecule has 0 saturated carbocycles. The zero-order chi connectivity index (χ0) is 11.5. The molecule has 1 rings (SSSR count). The third kappa shape index (κ3) is 3.88. The number of hydrogen-bond acceptors (Lipinski definition) is 2. The van der Waals surface area contributed by atoms with Crippen molar-refractivity contribution in [3.8, 4) is 0 Å². The molecule has 0 aromatic heterocycles. The van der Waals surface area contributed by atoms with Crippen molar-refractivity contribution < 1.29 is 21.6 Å². The number of nitrogens with one attached hydrogen (secondary N) is 1. The van der Waals surface area contributed by atoms with Crippen LogP contribution in [0.5, 0.6) is 0 Å². The molecule has 0 unspecified atom stereocenters. The molecule has 7 heteroatoms. The smallest absolute Gasteiger partial charge is 0.207 e. The number of benzene rings is 1. The van der Waals surface area contributed by atoms with Crippen LogP contribution in [-0.4, -0.2) is 14.6 Å². The van der Waals surface area contributed by atoms with Gasteiger partial charge in [0.1, 0.15) is 6.54 Å². The van der Waals surface area contributed by atoms with Gasteiger partial charge in [0.25, 0.3) is 0 Å². The van der Waals surface area contributed by atoms with E-state index in [1.54, 1.807) is 6.07 Å². The highest BCUT2D eigenvalue weighted by molar-refractivity contribution is 7.89. The molecule has 0 spiro atoms. The van der Waals surface area contributed by atoms with Crippen molar-refractivity contribution in [1.82, 2.24) is 4.72 Å². The third-order valence-corrected chi connectivity index (χ3v) is 2.75. The highest BCUT2D eigenvalue weighted by Gasteiger charge is 2.30. The lowest BCUT2D eigenvalue weighted by Gasteiger charge is -2.08. The second-order valence-electron chi connectivity index (χ2n) is 2.62. The van der Waals surface area contributed by atoms with Gasteiger partial charge in [0.05, 0.1) is 4.90 Å². The maximum Gasteiger partial charge on any atom is 0.406 e. The zero-order valence-electron chi connectivity index (χ0n) is 7.32. The molecule has 0 heterocycles. The van der Waals surface area contributed by atoms with Crippen LogP contribution in [0.2, 0.25) is 0 Å². The predicted molar refractivity (Wildman–Crippen MR) is 47.1 cm³/mol. The first-order chi connectivity index (χ1) is 6.81. The van der Waals surface area contributed by atoms with Crippen LogP contribution in [0.25, 0.3) is 0 Å². The Hall–Kier alpha value is -1.08. The van der Waals surface area contributed by atoms with E-state index < -0.39 is 22.7 Å². The van der Waals surface area contributed by atoms with E-state index in [4.69, 9.17) is 0 Å². The number of halogens is 3. The number of hydrogen-bond donors (Lipinski definition) is 1. The fraction of sp³-hybridized carbons (Fsp3) is 0.125. The first-order valence-corrected chi connectivity index (χ1v) is 5.28. The first kappa shape index (κ1) is 12.0. The molecule has 0 amide bonds. The summed E-state index contributed by atoms with van der Waals surface area (Å²) in [5, 5.41) is 0. The van der Waals surface area contributed by atoms with E-state index in [0.29, 0.717) is 0 Å². The first-order valence-electron chi connectivity index (χ1n) is 3.80. The SMILES string of the molecule is O=S(=O)(N[CH]C(F)(F)F)c1ccccc1. The topological polar surface area (TPSA) is 46.2 Å². The summed E-state index contributed by atoms with van der Waals surface area (Å²) in [7, 11) is -4.12. The molecule has 0 atom stereocenters. The molecule has 0 aliphatic rings. The summed E-state index contributed by atoms with van der Waals surface area (Å²) in [6.45, 7) is -0.421. The van der Waals surface area contributed by atoms with Crippen molar-refractivity contribution in [2.24, 2.45) is 0 Å². The summed E-state index contributed by atoms with van der Waals surface area (Å²) in [5.41, 5.74) is 0. The lowest BCUT2D eigenvalue weighted by atomic mass is 10.4. The van der Waals surface area contributed by atoms with Gasteiger partial charge in [0, 0.05) is 0 Å². The van der Waals surface area contributed by atoms with Gasteiger partial charge in [-0.25, -0.2) is 8.42 Å². The van der Waals surface area contributed by atoms with Crippen LogP contribution in [-0.2, 0) is 10.0 Å². The van der Waals surface area contributed by atoms with Gasteiger partial charge in [-0.15, -0.1) is 0 Å². The third-order valence-electron chi connectivity index (χ3n) is 1.43. The molecule has 0 fully saturated rings. The molecule has 0 aliphatic heterocycles. The monoisotopic (exact) mass is 238 g/mol. The number of alkyl halides is 3. The molecule has 1 aromatic rings. The molecular weight excluding hydrogens is 231 g/mol. The number of rotatable bonds is 3. The van der Waals surface area contributed by atoms with Crippen molar-refractivity contribution in [3.63, 3.8) is 0 Å². The summed E-state index contributed by atoms with van der Waals surface area (Å²) >= 11 is 0. The minimum absolute atomic E-state index is 0.217. The van der Waals surface area contributed by atoms with Gasteiger partial charge in [0.2, 0.25) is 10.0 Å². The van der Waals surface area contributed by atoms with Crippen molar-refractivity contribution in [3.05, 3.63) is 36.9 Å². The Morgan fingerprint density at radius 2 is 1.67 bits per heavy atom. The number of sulfonamides is 1. The quantitative estimate of drug-likeness (QED) is 0.871. The molecular formula is C8H7F3NO2S. The Balaban J connectivity index is 2.78. The fourth-order valence-corrected chi connectivity index (χ4v) is 1.75. The van der Waals surface area contributed by atoms with Crippen LogP contribution in [0.1, 0.15) is 0 Å².